The van der Waals surface area contributed by atoms with Crippen LogP contribution in [0.2, 0.25) is 5.02 Å². The Morgan fingerprint density at radius 2 is 2.47 bits per heavy atom. The summed E-state index contributed by atoms with van der Waals surface area (Å²) < 4.78 is 0. The SMILES string of the molecule is CC1NCCCC1Nc1ncncc1Cl. The zero-order valence-corrected chi connectivity index (χ0v) is 9.46. The highest BCUT2D eigenvalue weighted by atomic mass is 35.5. The minimum Gasteiger partial charge on any atom is -0.364 e. The van der Waals surface area contributed by atoms with Crippen LogP contribution in [0.1, 0.15) is 19.8 Å². The average Bonchev–Trinajstić information content (AvgIpc) is 2.24. The molecule has 82 valence electrons. The standard InChI is InChI=1S/C10H15ClN4/c1-7-9(3-2-4-13-7)15-10-8(11)5-12-6-14-10/h5-7,9,13H,2-4H2,1H3,(H,12,14,15). The van der Waals surface area contributed by atoms with Gasteiger partial charge >= 0.3 is 0 Å². The number of aromatic nitrogens is 2. The molecule has 2 heterocycles. The van der Waals surface area contributed by atoms with Gasteiger partial charge in [0, 0.05) is 12.1 Å². The molecule has 0 amide bonds. The molecule has 5 heteroatoms. The fourth-order valence-electron chi connectivity index (χ4n) is 1.84. The third-order valence-corrected chi connectivity index (χ3v) is 3.03. The lowest BCUT2D eigenvalue weighted by Gasteiger charge is -2.31. The second kappa shape index (κ2) is 4.77. The molecule has 2 unspecified atom stereocenters. The van der Waals surface area contributed by atoms with Gasteiger partial charge in [0.25, 0.3) is 0 Å². The summed E-state index contributed by atoms with van der Waals surface area (Å²) in [7, 11) is 0. The van der Waals surface area contributed by atoms with E-state index in [1.165, 1.54) is 12.7 Å². The molecule has 15 heavy (non-hydrogen) atoms. The van der Waals surface area contributed by atoms with E-state index in [1.807, 2.05) is 0 Å². The maximum Gasteiger partial charge on any atom is 0.148 e. The molecule has 0 aliphatic carbocycles. The molecule has 1 saturated heterocycles. The van der Waals surface area contributed by atoms with Crippen molar-refractivity contribution < 1.29 is 0 Å². The molecule has 1 aromatic rings. The van der Waals surface area contributed by atoms with Crippen molar-refractivity contribution in [3.63, 3.8) is 0 Å². The molecule has 0 bridgehead atoms. The van der Waals surface area contributed by atoms with Crippen molar-refractivity contribution in [3.8, 4) is 0 Å². The molecule has 2 atom stereocenters. The normalized spacial score (nSPS) is 26.3. The van der Waals surface area contributed by atoms with Crippen molar-refractivity contribution in [1.29, 1.82) is 0 Å². The molecule has 0 aromatic carbocycles. The van der Waals surface area contributed by atoms with Crippen LogP contribution in [0.3, 0.4) is 0 Å². The highest BCUT2D eigenvalue weighted by Gasteiger charge is 2.21. The van der Waals surface area contributed by atoms with E-state index in [0.717, 1.165) is 18.8 Å². The van der Waals surface area contributed by atoms with E-state index >= 15 is 0 Å². The maximum atomic E-state index is 5.98. The molecule has 1 fully saturated rings. The van der Waals surface area contributed by atoms with Crippen LogP contribution in [0, 0.1) is 0 Å². The smallest absolute Gasteiger partial charge is 0.148 e. The minimum absolute atomic E-state index is 0.395. The molecule has 2 rings (SSSR count). The summed E-state index contributed by atoms with van der Waals surface area (Å²) in [6.45, 7) is 3.27. The van der Waals surface area contributed by atoms with E-state index in [-0.39, 0.29) is 0 Å². The molecule has 1 aliphatic rings. The van der Waals surface area contributed by atoms with Crippen molar-refractivity contribution in [2.45, 2.75) is 31.8 Å². The van der Waals surface area contributed by atoms with Crippen LogP contribution < -0.4 is 10.6 Å². The highest BCUT2D eigenvalue weighted by Crippen LogP contribution is 2.20. The van der Waals surface area contributed by atoms with Crippen molar-refractivity contribution in [3.05, 3.63) is 17.5 Å². The summed E-state index contributed by atoms with van der Waals surface area (Å²) in [6, 6.07) is 0.843. The Morgan fingerprint density at radius 3 is 3.20 bits per heavy atom. The van der Waals surface area contributed by atoms with Crippen LogP contribution in [0.5, 0.6) is 0 Å². The topological polar surface area (TPSA) is 49.8 Å². The highest BCUT2D eigenvalue weighted by molar-refractivity contribution is 6.32. The van der Waals surface area contributed by atoms with Crippen LogP contribution in [0.15, 0.2) is 12.5 Å². The molecule has 4 nitrogen and oxygen atoms in total. The predicted octanol–water partition coefficient (Wildman–Crippen LogP) is 1.68. The first-order valence-corrected chi connectivity index (χ1v) is 5.60. The van der Waals surface area contributed by atoms with E-state index in [9.17, 15) is 0 Å². The first-order chi connectivity index (χ1) is 7.27. The zero-order valence-electron chi connectivity index (χ0n) is 8.70. The Kier molecular flexibility index (Phi) is 3.38. The number of nitrogens with one attached hydrogen (secondary N) is 2. The monoisotopic (exact) mass is 226 g/mol. The van der Waals surface area contributed by atoms with Gasteiger partial charge in [-0.1, -0.05) is 11.6 Å². The van der Waals surface area contributed by atoms with Gasteiger partial charge in [-0.2, -0.15) is 0 Å². The third kappa shape index (κ3) is 2.58. The number of halogens is 1. The van der Waals surface area contributed by atoms with E-state index < -0.39 is 0 Å². The van der Waals surface area contributed by atoms with Crippen molar-refractivity contribution in [2.75, 3.05) is 11.9 Å². The number of rotatable bonds is 2. The van der Waals surface area contributed by atoms with E-state index in [2.05, 4.69) is 27.5 Å². The largest absolute Gasteiger partial charge is 0.364 e. The van der Waals surface area contributed by atoms with Gasteiger partial charge in [-0.25, -0.2) is 9.97 Å². The van der Waals surface area contributed by atoms with E-state index in [0.29, 0.717) is 17.1 Å². The fourth-order valence-corrected chi connectivity index (χ4v) is 2.00. The quantitative estimate of drug-likeness (QED) is 0.806. The van der Waals surface area contributed by atoms with Crippen LogP contribution >= 0.6 is 11.6 Å². The Labute approximate surface area is 94.5 Å². The summed E-state index contributed by atoms with van der Waals surface area (Å²) >= 11 is 5.98. The van der Waals surface area contributed by atoms with Crippen molar-refractivity contribution >= 4 is 17.4 Å². The van der Waals surface area contributed by atoms with Gasteiger partial charge in [-0.3, -0.25) is 0 Å². The van der Waals surface area contributed by atoms with E-state index in [1.54, 1.807) is 6.20 Å². The number of hydrogen-bond donors (Lipinski definition) is 2. The van der Waals surface area contributed by atoms with Gasteiger partial charge in [0.1, 0.15) is 17.2 Å². The third-order valence-electron chi connectivity index (χ3n) is 2.75. The van der Waals surface area contributed by atoms with Gasteiger partial charge in [-0.15, -0.1) is 0 Å². The number of anilines is 1. The average molecular weight is 227 g/mol. The zero-order chi connectivity index (χ0) is 10.7. The van der Waals surface area contributed by atoms with Crippen LogP contribution in [0.25, 0.3) is 0 Å². The molecular formula is C10H15ClN4. The summed E-state index contributed by atoms with van der Waals surface area (Å²) in [5.41, 5.74) is 0. The molecule has 1 aromatic heterocycles. The Morgan fingerprint density at radius 1 is 1.60 bits per heavy atom. The van der Waals surface area contributed by atoms with Crippen LogP contribution in [-0.4, -0.2) is 28.6 Å². The summed E-state index contributed by atoms with van der Waals surface area (Å²) in [5.74, 6) is 0.729. The predicted molar refractivity (Wildman–Crippen MR) is 61.2 cm³/mol. The Balaban J connectivity index is 2.04. The summed E-state index contributed by atoms with van der Waals surface area (Å²) in [4.78, 5) is 7.98. The van der Waals surface area contributed by atoms with Gasteiger partial charge in [0.05, 0.1) is 6.20 Å². The summed E-state index contributed by atoms with van der Waals surface area (Å²) in [5, 5.41) is 7.36. The second-order valence-corrected chi connectivity index (χ2v) is 4.26. The first-order valence-electron chi connectivity index (χ1n) is 5.23. The first kappa shape index (κ1) is 10.6. The Hall–Kier alpha value is -0.870. The number of piperidine rings is 1. The lowest BCUT2D eigenvalue weighted by Crippen LogP contribution is -2.46. The molecule has 1 aliphatic heterocycles. The van der Waals surface area contributed by atoms with Gasteiger partial charge in [0.2, 0.25) is 0 Å². The number of hydrogen-bond acceptors (Lipinski definition) is 4. The van der Waals surface area contributed by atoms with E-state index in [4.69, 9.17) is 11.6 Å². The number of nitrogens with zero attached hydrogens (tertiary/aromatic N) is 2. The van der Waals surface area contributed by atoms with Crippen LogP contribution in [0.4, 0.5) is 5.82 Å². The second-order valence-electron chi connectivity index (χ2n) is 3.86. The lowest BCUT2D eigenvalue weighted by atomic mass is 10.00. The molecule has 0 saturated carbocycles. The minimum atomic E-state index is 0.395. The maximum absolute atomic E-state index is 5.98. The molecule has 0 radical (unpaired) electrons. The van der Waals surface area contributed by atoms with Crippen molar-refractivity contribution in [1.82, 2.24) is 15.3 Å². The fraction of sp³-hybridized carbons (Fsp3) is 0.600. The summed E-state index contributed by atoms with van der Waals surface area (Å²) in [6.07, 6.45) is 5.45. The van der Waals surface area contributed by atoms with Crippen molar-refractivity contribution in [2.24, 2.45) is 0 Å². The van der Waals surface area contributed by atoms with Gasteiger partial charge in [0.15, 0.2) is 0 Å². The lowest BCUT2D eigenvalue weighted by molar-refractivity contribution is 0.389. The van der Waals surface area contributed by atoms with Gasteiger partial charge in [-0.05, 0) is 26.3 Å². The van der Waals surface area contributed by atoms with Crippen LogP contribution in [-0.2, 0) is 0 Å². The molecular weight excluding hydrogens is 212 g/mol. The molecule has 2 N–H and O–H groups in total. The molecule has 0 spiro atoms. The Bertz CT molecular complexity index is 331. The van der Waals surface area contributed by atoms with Gasteiger partial charge < -0.3 is 10.6 Å².